The van der Waals surface area contributed by atoms with E-state index in [0.717, 1.165) is 45.8 Å². The molecule has 0 aliphatic carbocycles. The third-order valence-electron chi connectivity index (χ3n) is 2.71. The third-order valence-corrected chi connectivity index (χ3v) is 3.99. The maximum atomic E-state index is 11.6. The van der Waals surface area contributed by atoms with Crippen LogP contribution >= 0.6 is 11.8 Å². The topological polar surface area (TPSA) is 41.6 Å². The lowest BCUT2D eigenvalue weighted by atomic mass is 10.3. The summed E-state index contributed by atoms with van der Waals surface area (Å²) in [4.78, 5) is 14.0. The van der Waals surface area contributed by atoms with Crippen molar-refractivity contribution in [3.63, 3.8) is 0 Å². The second kappa shape index (κ2) is 8.02. The molecule has 0 aromatic heterocycles. The van der Waals surface area contributed by atoms with E-state index in [2.05, 4.69) is 31.0 Å². The van der Waals surface area contributed by atoms with Crippen LogP contribution in [0.2, 0.25) is 0 Å². The minimum atomic E-state index is 0.150. The number of amides is 1. The fraction of sp³-hybridized carbons (Fsp3) is 0.923. The molecule has 1 rings (SSSR count). The molecular formula is C13H26N2O2S. The highest BCUT2D eigenvalue weighted by molar-refractivity contribution is 8.01. The van der Waals surface area contributed by atoms with Gasteiger partial charge in [-0.05, 0) is 13.0 Å². The van der Waals surface area contributed by atoms with Gasteiger partial charge in [0.2, 0.25) is 5.91 Å². The molecule has 1 N–H and O–H groups in total. The van der Waals surface area contributed by atoms with Crippen LogP contribution in [-0.2, 0) is 9.53 Å². The van der Waals surface area contributed by atoms with Crippen molar-refractivity contribution < 1.29 is 9.53 Å². The van der Waals surface area contributed by atoms with Gasteiger partial charge in [0.05, 0.1) is 19.0 Å². The highest BCUT2D eigenvalue weighted by Crippen LogP contribution is 2.22. The van der Waals surface area contributed by atoms with Crippen molar-refractivity contribution >= 4 is 17.7 Å². The van der Waals surface area contributed by atoms with Crippen molar-refractivity contribution in [2.75, 3.05) is 45.1 Å². The summed E-state index contributed by atoms with van der Waals surface area (Å²) in [6.07, 6.45) is 1.02. The summed E-state index contributed by atoms with van der Waals surface area (Å²) in [5.74, 6) is 0.707. The molecule has 106 valence electrons. The molecule has 0 saturated carbocycles. The zero-order valence-corrected chi connectivity index (χ0v) is 12.6. The number of hydrogen-bond donors (Lipinski definition) is 1. The van der Waals surface area contributed by atoms with E-state index in [0.29, 0.717) is 5.75 Å². The first kappa shape index (κ1) is 15.8. The van der Waals surface area contributed by atoms with Gasteiger partial charge in [-0.2, -0.15) is 0 Å². The largest absolute Gasteiger partial charge is 0.379 e. The molecule has 0 bridgehead atoms. The molecule has 0 spiro atoms. The van der Waals surface area contributed by atoms with Crippen LogP contribution in [0.1, 0.15) is 27.2 Å². The average molecular weight is 274 g/mol. The Balaban J connectivity index is 1.98. The molecule has 1 aliphatic rings. The van der Waals surface area contributed by atoms with Gasteiger partial charge in [0, 0.05) is 24.4 Å². The molecule has 0 aromatic carbocycles. The molecule has 0 unspecified atom stereocenters. The van der Waals surface area contributed by atoms with E-state index in [4.69, 9.17) is 4.74 Å². The van der Waals surface area contributed by atoms with Gasteiger partial charge < -0.3 is 10.1 Å². The fourth-order valence-electron chi connectivity index (χ4n) is 1.69. The Morgan fingerprint density at radius 3 is 2.61 bits per heavy atom. The van der Waals surface area contributed by atoms with Crippen LogP contribution < -0.4 is 5.32 Å². The molecule has 0 aromatic rings. The summed E-state index contributed by atoms with van der Waals surface area (Å²) >= 11 is 1.69. The SMILES string of the molecule is CC(C)(C)SCC(=O)NCCCN1CCOCC1. The number of carbonyl (C=O) groups is 1. The van der Waals surface area contributed by atoms with Crippen molar-refractivity contribution in [3.8, 4) is 0 Å². The van der Waals surface area contributed by atoms with Gasteiger partial charge in [0.1, 0.15) is 0 Å². The van der Waals surface area contributed by atoms with Crippen LogP contribution in [0.5, 0.6) is 0 Å². The van der Waals surface area contributed by atoms with Crippen LogP contribution in [-0.4, -0.2) is 60.7 Å². The Morgan fingerprint density at radius 1 is 1.33 bits per heavy atom. The van der Waals surface area contributed by atoms with Crippen molar-refractivity contribution in [2.45, 2.75) is 31.9 Å². The van der Waals surface area contributed by atoms with Gasteiger partial charge in [-0.1, -0.05) is 20.8 Å². The minimum Gasteiger partial charge on any atom is -0.379 e. The van der Waals surface area contributed by atoms with E-state index in [1.54, 1.807) is 11.8 Å². The fourth-order valence-corrected chi connectivity index (χ4v) is 2.35. The summed E-state index contributed by atoms with van der Waals surface area (Å²) in [5.41, 5.74) is 0. The first-order valence-electron chi connectivity index (χ1n) is 6.68. The van der Waals surface area contributed by atoms with Gasteiger partial charge in [-0.3, -0.25) is 9.69 Å². The number of nitrogens with zero attached hydrogens (tertiary/aromatic N) is 1. The zero-order valence-electron chi connectivity index (χ0n) is 11.8. The van der Waals surface area contributed by atoms with Crippen molar-refractivity contribution in [2.24, 2.45) is 0 Å². The van der Waals surface area contributed by atoms with E-state index < -0.39 is 0 Å². The molecule has 5 heteroatoms. The molecule has 1 aliphatic heterocycles. The number of morpholine rings is 1. The second-order valence-corrected chi connectivity index (χ2v) is 7.36. The van der Waals surface area contributed by atoms with Crippen molar-refractivity contribution in [3.05, 3.63) is 0 Å². The molecule has 0 radical (unpaired) electrons. The average Bonchev–Trinajstić information content (AvgIpc) is 2.33. The summed E-state index contributed by atoms with van der Waals surface area (Å²) in [6, 6.07) is 0. The first-order valence-corrected chi connectivity index (χ1v) is 7.67. The third kappa shape index (κ3) is 7.95. The summed E-state index contributed by atoms with van der Waals surface area (Å²) < 4.78 is 5.45. The molecule has 1 amide bonds. The predicted octanol–water partition coefficient (Wildman–Crippen LogP) is 1.36. The van der Waals surface area contributed by atoms with Crippen molar-refractivity contribution in [1.82, 2.24) is 10.2 Å². The molecule has 1 heterocycles. The standard InChI is InChI=1S/C13H26N2O2S/c1-13(2,3)18-11-12(16)14-5-4-6-15-7-9-17-10-8-15/h4-11H2,1-3H3,(H,14,16). The predicted molar refractivity (Wildman–Crippen MR) is 77.1 cm³/mol. The van der Waals surface area contributed by atoms with Crippen LogP contribution in [0.4, 0.5) is 0 Å². The molecular weight excluding hydrogens is 248 g/mol. The monoisotopic (exact) mass is 274 g/mol. The van der Waals surface area contributed by atoms with Gasteiger partial charge in [-0.15, -0.1) is 11.8 Å². The minimum absolute atomic E-state index is 0.150. The van der Waals surface area contributed by atoms with E-state index in [1.165, 1.54) is 0 Å². The van der Waals surface area contributed by atoms with Gasteiger partial charge in [0.25, 0.3) is 0 Å². The van der Waals surface area contributed by atoms with Gasteiger partial charge in [0.15, 0.2) is 0 Å². The number of carbonyl (C=O) groups excluding carboxylic acids is 1. The Labute approximate surface area is 115 Å². The zero-order chi connectivity index (χ0) is 13.4. The van der Waals surface area contributed by atoms with Crippen LogP contribution in [0.3, 0.4) is 0 Å². The lowest BCUT2D eigenvalue weighted by Crippen LogP contribution is -2.38. The Hall–Kier alpha value is -0.260. The van der Waals surface area contributed by atoms with Crippen molar-refractivity contribution in [1.29, 1.82) is 0 Å². The molecule has 0 atom stereocenters. The Bertz CT molecular complexity index is 248. The summed E-state index contributed by atoms with van der Waals surface area (Å²) in [5, 5.41) is 2.98. The van der Waals surface area contributed by atoms with E-state index in [-0.39, 0.29) is 10.7 Å². The molecule has 18 heavy (non-hydrogen) atoms. The highest BCUT2D eigenvalue weighted by atomic mass is 32.2. The molecule has 4 nitrogen and oxygen atoms in total. The number of ether oxygens (including phenoxy) is 1. The Morgan fingerprint density at radius 2 is 2.00 bits per heavy atom. The van der Waals surface area contributed by atoms with E-state index >= 15 is 0 Å². The molecule has 1 saturated heterocycles. The number of thioether (sulfide) groups is 1. The van der Waals surface area contributed by atoms with Crippen LogP contribution in [0.25, 0.3) is 0 Å². The highest BCUT2D eigenvalue weighted by Gasteiger charge is 2.13. The van der Waals surface area contributed by atoms with Gasteiger partial charge >= 0.3 is 0 Å². The van der Waals surface area contributed by atoms with E-state index in [1.807, 2.05) is 0 Å². The normalized spacial score (nSPS) is 17.7. The first-order chi connectivity index (χ1) is 8.47. The van der Waals surface area contributed by atoms with Gasteiger partial charge in [-0.25, -0.2) is 0 Å². The number of hydrogen-bond acceptors (Lipinski definition) is 4. The van der Waals surface area contributed by atoms with Crippen LogP contribution in [0.15, 0.2) is 0 Å². The van der Waals surface area contributed by atoms with E-state index in [9.17, 15) is 4.79 Å². The van der Waals surface area contributed by atoms with Crippen LogP contribution in [0, 0.1) is 0 Å². The smallest absolute Gasteiger partial charge is 0.230 e. The number of rotatable bonds is 6. The Kier molecular flexibility index (Phi) is 7.04. The lowest BCUT2D eigenvalue weighted by Gasteiger charge is -2.26. The lowest BCUT2D eigenvalue weighted by molar-refractivity contribution is -0.118. The second-order valence-electron chi connectivity index (χ2n) is 5.56. The maximum Gasteiger partial charge on any atom is 0.230 e. The maximum absolute atomic E-state index is 11.6. The molecule has 1 fully saturated rings. The number of nitrogens with one attached hydrogen (secondary N) is 1. The summed E-state index contributed by atoms with van der Waals surface area (Å²) in [6.45, 7) is 11.9. The summed E-state index contributed by atoms with van der Waals surface area (Å²) in [7, 11) is 0. The quantitative estimate of drug-likeness (QED) is 0.743.